The molecule has 100 valence electrons. The summed E-state index contributed by atoms with van der Waals surface area (Å²) in [6.45, 7) is 2.37. The van der Waals surface area contributed by atoms with Crippen molar-refractivity contribution in [3.63, 3.8) is 0 Å². The van der Waals surface area contributed by atoms with Crippen molar-refractivity contribution < 1.29 is 0 Å². The average molecular weight is 332 g/mol. The molecular formula is C14H20BrClN2. The van der Waals surface area contributed by atoms with Crippen molar-refractivity contribution >= 4 is 33.2 Å². The van der Waals surface area contributed by atoms with Crippen LogP contribution in [0.3, 0.4) is 0 Å². The Balaban J connectivity index is 2.12. The molecular weight excluding hydrogens is 312 g/mol. The van der Waals surface area contributed by atoms with Crippen molar-refractivity contribution in [2.75, 3.05) is 32.1 Å². The van der Waals surface area contributed by atoms with E-state index in [2.05, 4.69) is 58.0 Å². The summed E-state index contributed by atoms with van der Waals surface area (Å²) in [5.41, 5.74) is 2.41. The van der Waals surface area contributed by atoms with Crippen LogP contribution >= 0.6 is 27.5 Å². The number of nitrogens with zero attached hydrogens (tertiary/aromatic N) is 2. The first kappa shape index (κ1) is 14.2. The van der Waals surface area contributed by atoms with Crippen LogP contribution in [-0.4, -0.2) is 38.1 Å². The summed E-state index contributed by atoms with van der Waals surface area (Å²) >= 11 is 9.47. The molecule has 1 aromatic carbocycles. The van der Waals surface area contributed by atoms with E-state index < -0.39 is 0 Å². The molecule has 0 amide bonds. The van der Waals surface area contributed by atoms with E-state index in [0.717, 1.165) is 16.6 Å². The molecule has 18 heavy (non-hydrogen) atoms. The van der Waals surface area contributed by atoms with Crippen LogP contribution in [0, 0.1) is 0 Å². The van der Waals surface area contributed by atoms with E-state index in [4.69, 9.17) is 11.6 Å². The molecule has 0 radical (unpaired) electrons. The number of piperidine rings is 1. The lowest BCUT2D eigenvalue weighted by Gasteiger charge is -2.37. The lowest BCUT2D eigenvalue weighted by atomic mass is 10.0. The van der Waals surface area contributed by atoms with Crippen LogP contribution in [0.4, 0.5) is 5.69 Å². The van der Waals surface area contributed by atoms with E-state index in [-0.39, 0.29) is 0 Å². The fourth-order valence-electron chi connectivity index (χ4n) is 2.53. The second-order valence-electron chi connectivity index (χ2n) is 5.08. The number of likely N-dealkylation sites (tertiary alicyclic amines) is 1. The molecule has 0 N–H and O–H groups in total. The highest BCUT2D eigenvalue weighted by Crippen LogP contribution is 2.27. The number of anilines is 1. The van der Waals surface area contributed by atoms with Crippen LogP contribution in [0.2, 0.25) is 0 Å². The zero-order chi connectivity index (χ0) is 13.1. The summed E-state index contributed by atoms with van der Waals surface area (Å²) in [5.74, 6) is 0.552. The number of benzene rings is 1. The predicted molar refractivity (Wildman–Crippen MR) is 82.6 cm³/mol. The van der Waals surface area contributed by atoms with E-state index >= 15 is 0 Å². The topological polar surface area (TPSA) is 6.48 Å². The Kier molecular flexibility index (Phi) is 4.93. The summed E-state index contributed by atoms with van der Waals surface area (Å²) in [4.78, 5) is 4.80. The molecule has 4 heteroatoms. The summed E-state index contributed by atoms with van der Waals surface area (Å²) < 4.78 is 1.10. The minimum absolute atomic E-state index is 0.552. The standard InChI is InChI=1S/C14H20BrClN2/c1-17-7-3-4-13(10-17)18(2)12-6-5-11(9-16)14(15)8-12/h5-6,8,13H,3-4,7,9-10H2,1-2H3. The van der Waals surface area contributed by atoms with E-state index in [0.29, 0.717) is 11.9 Å². The highest BCUT2D eigenvalue weighted by Gasteiger charge is 2.21. The van der Waals surface area contributed by atoms with Crippen LogP contribution in [-0.2, 0) is 5.88 Å². The maximum absolute atomic E-state index is 5.88. The van der Waals surface area contributed by atoms with Crippen molar-refractivity contribution in [2.24, 2.45) is 0 Å². The van der Waals surface area contributed by atoms with Gasteiger partial charge in [-0.25, -0.2) is 0 Å². The molecule has 1 aliphatic rings. The van der Waals surface area contributed by atoms with Gasteiger partial charge in [0.05, 0.1) is 0 Å². The maximum Gasteiger partial charge on any atom is 0.0485 e. The largest absolute Gasteiger partial charge is 0.370 e. The number of rotatable bonds is 3. The third kappa shape index (κ3) is 3.19. The molecule has 1 heterocycles. The molecule has 1 aromatic rings. The Labute approximate surface area is 123 Å². The zero-order valence-electron chi connectivity index (χ0n) is 11.0. The summed E-state index contributed by atoms with van der Waals surface area (Å²) in [6, 6.07) is 7.05. The second kappa shape index (κ2) is 6.27. The average Bonchev–Trinajstić information content (AvgIpc) is 2.37. The quantitative estimate of drug-likeness (QED) is 0.779. The molecule has 1 fully saturated rings. The van der Waals surface area contributed by atoms with Gasteiger partial charge in [-0.15, -0.1) is 11.6 Å². The Bertz CT molecular complexity index is 411. The number of likely N-dealkylation sites (N-methyl/N-ethyl adjacent to an activating group) is 2. The fourth-order valence-corrected chi connectivity index (χ4v) is 3.43. The molecule has 1 unspecified atom stereocenters. The Morgan fingerprint density at radius 2 is 2.28 bits per heavy atom. The SMILES string of the molecule is CN1CCCC(N(C)c2ccc(CCl)c(Br)c2)C1. The summed E-state index contributed by atoms with van der Waals surface area (Å²) in [5, 5.41) is 0. The van der Waals surface area contributed by atoms with Gasteiger partial charge in [0.2, 0.25) is 0 Å². The van der Waals surface area contributed by atoms with Crippen molar-refractivity contribution in [2.45, 2.75) is 24.8 Å². The molecule has 0 bridgehead atoms. The third-order valence-corrected chi connectivity index (χ3v) is 4.76. The molecule has 2 nitrogen and oxygen atoms in total. The van der Waals surface area contributed by atoms with Crippen LogP contribution in [0.25, 0.3) is 0 Å². The van der Waals surface area contributed by atoms with Crippen LogP contribution < -0.4 is 4.90 Å². The Morgan fingerprint density at radius 3 is 2.89 bits per heavy atom. The highest BCUT2D eigenvalue weighted by molar-refractivity contribution is 9.10. The first-order valence-electron chi connectivity index (χ1n) is 6.37. The molecule has 1 atom stereocenters. The molecule has 0 spiro atoms. The predicted octanol–water partition coefficient (Wildman–Crippen LogP) is 3.72. The van der Waals surface area contributed by atoms with Gasteiger partial charge in [-0.3, -0.25) is 0 Å². The minimum Gasteiger partial charge on any atom is -0.370 e. The molecule has 1 aliphatic heterocycles. The van der Waals surface area contributed by atoms with E-state index in [1.807, 2.05) is 0 Å². The monoisotopic (exact) mass is 330 g/mol. The van der Waals surface area contributed by atoms with Gasteiger partial charge in [0.1, 0.15) is 0 Å². The fraction of sp³-hybridized carbons (Fsp3) is 0.571. The van der Waals surface area contributed by atoms with E-state index in [9.17, 15) is 0 Å². The molecule has 0 aromatic heterocycles. The maximum atomic E-state index is 5.88. The number of hydrogen-bond donors (Lipinski definition) is 0. The van der Waals surface area contributed by atoms with E-state index in [1.54, 1.807) is 0 Å². The minimum atomic E-state index is 0.552. The lowest BCUT2D eigenvalue weighted by molar-refractivity contribution is 0.248. The van der Waals surface area contributed by atoms with Crippen molar-refractivity contribution in [3.8, 4) is 0 Å². The Hall–Kier alpha value is -0.250. The van der Waals surface area contributed by atoms with Crippen molar-refractivity contribution in [1.82, 2.24) is 4.90 Å². The zero-order valence-corrected chi connectivity index (χ0v) is 13.3. The van der Waals surface area contributed by atoms with Gasteiger partial charge in [-0.2, -0.15) is 0 Å². The van der Waals surface area contributed by atoms with Gasteiger partial charge in [0.25, 0.3) is 0 Å². The van der Waals surface area contributed by atoms with Gasteiger partial charge in [0.15, 0.2) is 0 Å². The number of hydrogen-bond acceptors (Lipinski definition) is 2. The van der Waals surface area contributed by atoms with Crippen LogP contribution in [0.1, 0.15) is 18.4 Å². The highest BCUT2D eigenvalue weighted by atomic mass is 79.9. The van der Waals surface area contributed by atoms with Gasteiger partial charge < -0.3 is 9.80 Å². The van der Waals surface area contributed by atoms with Crippen molar-refractivity contribution in [3.05, 3.63) is 28.2 Å². The second-order valence-corrected chi connectivity index (χ2v) is 6.20. The third-order valence-electron chi connectivity index (χ3n) is 3.74. The summed E-state index contributed by atoms with van der Waals surface area (Å²) in [7, 11) is 4.39. The van der Waals surface area contributed by atoms with Crippen LogP contribution in [0.15, 0.2) is 22.7 Å². The first-order valence-corrected chi connectivity index (χ1v) is 7.70. The number of halogens is 2. The van der Waals surface area contributed by atoms with Gasteiger partial charge in [-0.1, -0.05) is 22.0 Å². The van der Waals surface area contributed by atoms with Crippen molar-refractivity contribution in [1.29, 1.82) is 0 Å². The lowest BCUT2D eigenvalue weighted by Crippen LogP contribution is -2.45. The smallest absolute Gasteiger partial charge is 0.0485 e. The molecule has 1 saturated heterocycles. The molecule has 2 rings (SSSR count). The Morgan fingerprint density at radius 1 is 1.50 bits per heavy atom. The van der Waals surface area contributed by atoms with Crippen LogP contribution in [0.5, 0.6) is 0 Å². The van der Waals surface area contributed by atoms with Gasteiger partial charge in [0, 0.05) is 35.7 Å². The molecule has 0 saturated carbocycles. The van der Waals surface area contributed by atoms with Gasteiger partial charge >= 0.3 is 0 Å². The summed E-state index contributed by atoms with van der Waals surface area (Å²) in [6.07, 6.45) is 2.56. The van der Waals surface area contributed by atoms with E-state index in [1.165, 1.54) is 25.1 Å². The van der Waals surface area contributed by atoms with Gasteiger partial charge in [-0.05, 0) is 44.1 Å². The normalized spacial score (nSPS) is 21.0. The molecule has 0 aliphatic carbocycles. The number of alkyl halides is 1. The first-order chi connectivity index (χ1) is 8.61.